The largest absolute Gasteiger partial charge is 0.378 e. The molecule has 2 rings (SSSR count). The van der Waals surface area contributed by atoms with Gasteiger partial charge in [-0.2, -0.15) is 0 Å². The molecule has 1 saturated heterocycles. The molecule has 0 radical (unpaired) electrons. The molecule has 2 N–H and O–H groups in total. The first kappa shape index (κ1) is 12.8. The zero-order valence-electron chi connectivity index (χ0n) is 10.5. The maximum absolute atomic E-state index is 11.9. The molecule has 0 aromatic rings. The van der Waals surface area contributed by atoms with Crippen molar-refractivity contribution in [1.82, 2.24) is 10.6 Å². The summed E-state index contributed by atoms with van der Waals surface area (Å²) >= 11 is 0. The second kappa shape index (κ2) is 6.97. The Morgan fingerprint density at radius 2 is 2.00 bits per heavy atom. The molecule has 98 valence electrons. The lowest BCUT2D eigenvalue weighted by atomic mass is 10.1. The first-order valence-electron chi connectivity index (χ1n) is 6.95. The summed E-state index contributed by atoms with van der Waals surface area (Å²) in [5.41, 5.74) is 0. The molecule has 1 amide bonds. The van der Waals surface area contributed by atoms with Crippen molar-refractivity contribution in [2.24, 2.45) is 0 Å². The van der Waals surface area contributed by atoms with Gasteiger partial charge in [0.25, 0.3) is 0 Å². The number of carbonyl (C=O) groups excluding carboxylic acids is 1. The van der Waals surface area contributed by atoms with Crippen LogP contribution in [-0.2, 0) is 9.53 Å². The SMILES string of the molecule is O=C(CC1COCCN1)NC1CCCCCC1. The quantitative estimate of drug-likeness (QED) is 0.729. The molecule has 1 heterocycles. The highest BCUT2D eigenvalue weighted by Gasteiger charge is 2.19. The number of ether oxygens (including phenoxy) is 1. The van der Waals surface area contributed by atoms with Crippen LogP contribution in [-0.4, -0.2) is 37.7 Å². The molecule has 17 heavy (non-hydrogen) atoms. The van der Waals surface area contributed by atoms with Gasteiger partial charge in [0.1, 0.15) is 0 Å². The molecule has 4 heteroatoms. The van der Waals surface area contributed by atoms with Crippen LogP contribution in [0.15, 0.2) is 0 Å². The van der Waals surface area contributed by atoms with E-state index in [1.165, 1.54) is 25.7 Å². The Labute approximate surface area is 103 Å². The van der Waals surface area contributed by atoms with E-state index in [1.807, 2.05) is 0 Å². The third-order valence-corrected chi connectivity index (χ3v) is 3.65. The van der Waals surface area contributed by atoms with Crippen LogP contribution in [0.25, 0.3) is 0 Å². The Balaban J connectivity index is 1.68. The van der Waals surface area contributed by atoms with E-state index in [1.54, 1.807) is 0 Å². The van der Waals surface area contributed by atoms with E-state index in [9.17, 15) is 4.79 Å². The van der Waals surface area contributed by atoms with Crippen LogP contribution in [0.5, 0.6) is 0 Å². The predicted octanol–water partition coefficient (Wildman–Crippen LogP) is 1.20. The van der Waals surface area contributed by atoms with Crippen LogP contribution >= 0.6 is 0 Å². The third kappa shape index (κ3) is 4.64. The molecule has 0 aromatic carbocycles. The highest BCUT2D eigenvalue weighted by atomic mass is 16.5. The summed E-state index contributed by atoms with van der Waals surface area (Å²) in [7, 11) is 0. The van der Waals surface area contributed by atoms with Gasteiger partial charge < -0.3 is 15.4 Å². The first-order valence-corrected chi connectivity index (χ1v) is 6.95. The molecular formula is C13H24N2O2. The molecule has 1 unspecified atom stereocenters. The van der Waals surface area contributed by atoms with Gasteiger partial charge in [-0.1, -0.05) is 25.7 Å². The van der Waals surface area contributed by atoms with Gasteiger partial charge in [-0.05, 0) is 12.8 Å². The highest BCUT2D eigenvalue weighted by Crippen LogP contribution is 2.17. The summed E-state index contributed by atoms with van der Waals surface area (Å²) in [4.78, 5) is 11.9. The summed E-state index contributed by atoms with van der Waals surface area (Å²) < 4.78 is 5.35. The Morgan fingerprint density at radius 1 is 1.24 bits per heavy atom. The Hall–Kier alpha value is -0.610. The van der Waals surface area contributed by atoms with E-state index < -0.39 is 0 Å². The number of carbonyl (C=O) groups is 1. The monoisotopic (exact) mass is 240 g/mol. The zero-order valence-corrected chi connectivity index (χ0v) is 10.5. The predicted molar refractivity (Wildman–Crippen MR) is 66.9 cm³/mol. The fourth-order valence-electron chi connectivity index (χ4n) is 2.68. The molecule has 1 atom stereocenters. The Morgan fingerprint density at radius 3 is 2.65 bits per heavy atom. The summed E-state index contributed by atoms with van der Waals surface area (Å²) in [6.07, 6.45) is 8.03. The Kier molecular flexibility index (Phi) is 5.26. The lowest BCUT2D eigenvalue weighted by Crippen LogP contribution is -2.45. The van der Waals surface area contributed by atoms with E-state index in [4.69, 9.17) is 4.74 Å². The van der Waals surface area contributed by atoms with Crippen LogP contribution in [0, 0.1) is 0 Å². The normalized spacial score (nSPS) is 27.4. The molecule has 1 saturated carbocycles. The minimum absolute atomic E-state index is 0.180. The van der Waals surface area contributed by atoms with Crippen molar-refractivity contribution in [3.05, 3.63) is 0 Å². The van der Waals surface area contributed by atoms with Gasteiger partial charge in [-0.25, -0.2) is 0 Å². The van der Waals surface area contributed by atoms with Crippen molar-refractivity contribution < 1.29 is 9.53 Å². The zero-order chi connectivity index (χ0) is 11.9. The van der Waals surface area contributed by atoms with E-state index in [0.29, 0.717) is 19.1 Å². The van der Waals surface area contributed by atoms with Crippen molar-refractivity contribution in [1.29, 1.82) is 0 Å². The third-order valence-electron chi connectivity index (χ3n) is 3.65. The van der Waals surface area contributed by atoms with Crippen molar-refractivity contribution in [3.8, 4) is 0 Å². The van der Waals surface area contributed by atoms with Gasteiger partial charge in [0.2, 0.25) is 5.91 Å². The summed E-state index contributed by atoms with van der Waals surface area (Å²) in [5, 5.41) is 6.49. The minimum atomic E-state index is 0.180. The van der Waals surface area contributed by atoms with E-state index in [0.717, 1.165) is 26.0 Å². The lowest BCUT2D eigenvalue weighted by molar-refractivity contribution is -0.123. The molecule has 0 aromatic heterocycles. The Bertz CT molecular complexity index is 232. The molecule has 0 spiro atoms. The van der Waals surface area contributed by atoms with E-state index >= 15 is 0 Å². The number of rotatable bonds is 3. The average Bonchev–Trinajstić information content (AvgIpc) is 2.59. The van der Waals surface area contributed by atoms with Crippen molar-refractivity contribution in [3.63, 3.8) is 0 Å². The van der Waals surface area contributed by atoms with Crippen LogP contribution in [0.2, 0.25) is 0 Å². The molecule has 0 bridgehead atoms. The maximum Gasteiger partial charge on any atom is 0.221 e. The first-order chi connectivity index (χ1) is 8.34. The van der Waals surface area contributed by atoms with Gasteiger partial charge in [0.05, 0.1) is 13.2 Å². The maximum atomic E-state index is 11.9. The molecule has 2 fully saturated rings. The second-order valence-electron chi connectivity index (χ2n) is 5.19. The van der Waals surface area contributed by atoms with Crippen LogP contribution < -0.4 is 10.6 Å². The van der Waals surface area contributed by atoms with Gasteiger partial charge in [0.15, 0.2) is 0 Å². The molecule has 1 aliphatic heterocycles. The minimum Gasteiger partial charge on any atom is -0.378 e. The number of morpholine rings is 1. The standard InChI is InChI=1S/C13H24N2O2/c16-13(9-12-10-17-8-7-14-12)15-11-5-3-1-2-4-6-11/h11-12,14H,1-10H2,(H,15,16). The van der Waals surface area contributed by atoms with Gasteiger partial charge in [0, 0.05) is 25.0 Å². The summed E-state index contributed by atoms with van der Waals surface area (Å²) in [5.74, 6) is 0.180. The van der Waals surface area contributed by atoms with Gasteiger partial charge in [-0.3, -0.25) is 4.79 Å². The van der Waals surface area contributed by atoms with Gasteiger partial charge in [-0.15, -0.1) is 0 Å². The van der Waals surface area contributed by atoms with Crippen molar-refractivity contribution in [2.75, 3.05) is 19.8 Å². The number of hydrogen-bond acceptors (Lipinski definition) is 3. The fraction of sp³-hybridized carbons (Fsp3) is 0.923. The van der Waals surface area contributed by atoms with Crippen LogP contribution in [0.3, 0.4) is 0 Å². The summed E-state index contributed by atoms with van der Waals surface area (Å²) in [6.45, 7) is 2.29. The van der Waals surface area contributed by atoms with Crippen LogP contribution in [0.1, 0.15) is 44.9 Å². The van der Waals surface area contributed by atoms with Crippen molar-refractivity contribution >= 4 is 5.91 Å². The topological polar surface area (TPSA) is 50.4 Å². The average molecular weight is 240 g/mol. The highest BCUT2D eigenvalue weighted by molar-refractivity contribution is 5.76. The van der Waals surface area contributed by atoms with Gasteiger partial charge >= 0.3 is 0 Å². The number of amides is 1. The van der Waals surface area contributed by atoms with E-state index in [-0.39, 0.29) is 11.9 Å². The van der Waals surface area contributed by atoms with E-state index in [2.05, 4.69) is 10.6 Å². The molecule has 2 aliphatic rings. The second-order valence-corrected chi connectivity index (χ2v) is 5.19. The molecular weight excluding hydrogens is 216 g/mol. The summed E-state index contributed by atoms with van der Waals surface area (Å²) in [6, 6.07) is 0.615. The smallest absolute Gasteiger partial charge is 0.221 e. The lowest BCUT2D eigenvalue weighted by Gasteiger charge is -2.24. The van der Waals surface area contributed by atoms with Crippen LogP contribution in [0.4, 0.5) is 0 Å². The van der Waals surface area contributed by atoms with Crippen molar-refractivity contribution in [2.45, 2.75) is 57.0 Å². The fourth-order valence-corrected chi connectivity index (χ4v) is 2.68. The molecule has 1 aliphatic carbocycles. The number of nitrogens with one attached hydrogen (secondary N) is 2. The number of hydrogen-bond donors (Lipinski definition) is 2. The molecule has 4 nitrogen and oxygen atoms in total.